The maximum Gasteiger partial charge on any atom is 0.223 e. The van der Waals surface area contributed by atoms with Crippen LogP contribution in [0, 0.1) is 6.92 Å². The molecule has 0 atom stereocenters. The minimum atomic E-state index is 0.0729. The van der Waals surface area contributed by atoms with Gasteiger partial charge >= 0.3 is 0 Å². The number of anilines is 1. The van der Waals surface area contributed by atoms with Gasteiger partial charge in [0.15, 0.2) is 0 Å². The van der Waals surface area contributed by atoms with Crippen molar-refractivity contribution in [3.05, 3.63) is 41.6 Å². The molecule has 0 bridgehead atoms. The van der Waals surface area contributed by atoms with E-state index in [1.165, 1.54) is 5.56 Å². The van der Waals surface area contributed by atoms with Gasteiger partial charge in [-0.1, -0.05) is 12.1 Å². The summed E-state index contributed by atoms with van der Waals surface area (Å²) in [6, 6.07) is 10.1. The van der Waals surface area contributed by atoms with E-state index in [2.05, 4.69) is 40.3 Å². The van der Waals surface area contributed by atoms with Crippen LogP contribution < -0.4 is 4.90 Å². The van der Waals surface area contributed by atoms with Gasteiger partial charge in [0, 0.05) is 37.8 Å². The molecule has 22 heavy (non-hydrogen) atoms. The molecule has 3 rings (SSSR count). The fourth-order valence-electron chi connectivity index (χ4n) is 2.75. The molecule has 0 fully saturated rings. The highest BCUT2D eigenvalue weighted by molar-refractivity contribution is 5.93. The summed E-state index contributed by atoms with van der Waals surface area (Å²) in [6.45, 7) is 5.96. The number of aryl methyl sites for hydroxylation is 1. The monoisotopic (exact) mass is 296 g/mol. The number of hydrogen-bond acceptors (Lipinski definition) is 4. The number of fused-ring (bicyclic) bond motifs is 1. The quantitative estimate of drug-likeness (QED) is 0.810. The van der Waals surface area contributed by atoms with Gasteiger partial charge in [-0.15, -0.1) is 0 Å². The summed E-state index contributed by atoms with van der Waals surface area (Å²) < 4.78 is 0. The van der Waals surface area contributed by atoms with Gasteiger partial charge in [-0.2, -0.15) is 10.2 Å². The van der Waals surface area contributed by atoms with Crippen molar-refractivity contribution in [2.75, 3.05) is 25.0 Å². The van der Waals surface area contributed by atoms with Gasteiger partial charge in [-0.05, 0) is 37.7 Å². The molecule has 1 aliphatic heterocycles. The molecule has 0 saturated heterocycles. The molecule has 1 aliphatic rings. The summed E-state index contributed by atoms with van der Waals surface area (Å²) in [5.74, 6) is 0.0729. The second kappa shape index (κ2) is 5.85. The highest BCUT2D eigenvalue weighted by atomic mass is 16.2. The average molecular weight is 296 g/mol. The lowest BCUT2D eigenvalue weighted by Gasteiger charge is -2.21. The van der Waals surface area contributed by atoms with Crippen LogP contribution in [0.5, 0.6) is 0 Å². The third kappa shape index (κ3) is 2.85. The van der Waals surface area contributed by atoms with Crippen molar-refractivity contribution < 1.29 is 4.79 Å². The molecule has 2 aromatic rings. The maximum absolute atomic E-state index is 12.0. The van der Waals surface area contributed by atoms with Crippen LogP contribution in [0.3, 0.4) is 0 Å². The lowest BCUT2D eigenvalue weighted by atomic mass is 10.1. The van der Waals surface area contributed by atoms with E-state index >= 15 is 0 Å². The van der Waals surface area contributed by atoms with Crippen LogP contribution in [0.15, 0.2) is 30.3 Å². The Morgan fingerprint density at radius 1 is 1.14 bits per heavy atom. The van der Waals surface area contributed by atoms with Crippen LogP contribution in [0.2, 0.25) is 0 Å². The topological polar surface area (TPSA) is 49.3 Å². The molecule has 0 N–H and O–H groups in total. The van der Waals surface area contributed by atoms with Gasteiger partial charge in [-0.3, -0.25) is 4.79 Å². The zero-order valence-corrected chi connectivity index (χ0v) is 13.2. The van der Waals surface area contributed by atoms with Gasteiger partial charge in [0.2, 0.25) is 5.91 Å². The molecule has 5 nitrogen and oxygen atoms in total. The summed E-state index contributed by atoms with van der Waals surface area (Å²) in [5.41, 5.74) is 4.86. The minimum absolute atomic E-state index is 0.0729. The fraction of sp³-hybridized carbons (Fsp3) is 0.353. The van der Waals surface area contributed by atoms with Crippen molar-refractivity contribution in [2.24, 2.45) is 0 Å². The van der Waals surface area contributed by atoms with Gasteiger partial charge < -0.3 is 9.80 Å². The molecule has 0 saturated carbocycles. The Kier molecular flexibility index (Phi) is 3.90. The van der Waals surface area contributed by atoms with E-state index in [-0.39, 0.29) is 5.91 Å². The summed E-state index contributed by atoms with van der Waals surface area (Å²) in [6.07, 6.45) is 0. The largest absolute Gasteiger partial charge is 0.311 e. The third-order valence-electron chi connectivity index (χ3n) is 4.00. The Hall–Kier alpha value is -2.27. The van der Waals surface area contributed by atoms with Crippen molar-refractivity contribution in [1.29, 1.82) is 0 Å². The normalized spacial score (nSPS) is 15.3. The number of hydrogen-bond donors (Lipinski definition) is 0. The maximum atomic E-state index is 12.0. The van der Waals surface area contributed by atoms with Crippen molar-refractivity contribution in [3.63, 3.8) is 0 Å². The molecular formula is C17H20N4O. The molecule has 1 amide bonds. The Bertz CT molecular complexity index is 696. The molecule has 1 aromatic carbocycles. The molecule has 0 radical (unpaired) electrons. The van der Waals surface area contributed by atoms with E-state index in [0.29, 0.717) is 6.54 Å². The van der Waals surface area contributed by atoms with E-state index in [1.54, 1.807) is 6.92 Å². The van der Waals surface area contributed by atoms with Crippen molar-refractivity contribution in [3.8, 4) is 11.3 Å². The summed E-state index contributed by atoms with van der Waals surface area (Å²) in [7, 11) is 2.08. The Balaban J connectivity index is 2.06. The molecule has 2 heterocycles. The lowest BCUT2D eigenvalue weighted by Crippen LogP contribution is -2.33. The number of benzene rings is 1. The zero-order chi connectivity index (χ0) is 15.7. The van der Waals surface area contributed by atoms with Crippen LogP contribution in [0.25, 0.3) is 11.3 Å². The average Bonchev–Trinajstić information content (AvgIpc) is 2.65. The van der Waals surface area contributed by atoms with Crippen LogP contribution in [0.4, 0.5) is 5.69 Å². The van der Waals surface area contributed by atoms with Crippen molar-refractivity contribution >= 4 is 11.6 Å². The minimum Gasteiger partial charge on any atom is -0.311 e. The molecule has 0 spiro atoms. The zero-order valence-electron chi connectivity index (χ0n) is 13.2. The summed E-state index contributed by atoms with van der Waals surface area (Å²) in [4.78, 5) is 16.1. The Morgan fingerprint density at radius 3 is 2.64 bits per heavy atom. The molecule has 5 heteroatoms. The first kappa shape index (κ1) is 14.7. The highest BCUT2D eigenvalue weighted by Gasteiger charge is 2.21. The molecule has 0 aliphatic carbocycles. The molecule has 1 aromatic heterocycles. The first-order chi connectivity index (χ1) is 10.5. The van der Waals surface area contributed by atoms with Crippen LogP contribution in [0.1, 0.15) is 18.2 Å². The first-order valence-electron chi connectivity index (χ1n) is 7.45. The molecular weight excluding hydrogens is 276 g/mol. The van der Waals surface area contributed by atoms with E-state index in [1.807, 2.05) is 24.0 Å². The lowest BCUT2D eigenvalue weighted by molar-refractivity contribution is -0.116. The van der Waals surface area contributed by atoms with E-state index in [0.717, 1.165) is 35.7 Å². The number of likely N-dealkylation sites (N-methyl/N-ethyl adjacent to an activating group) is 1. The first-order valence-corrected chi connectivity index (χ1v) is 7.45. The second-order valence-electron chi connectivity index (χ2n) is 5.81. The molecule has 114 valence electrons. The smallest absolute Gasteiger partial charge is 0.223 e. The van der Waals surface area contributed by atoms with Gasteiger partial charge in [0.1, 0.15) is 0 Å². The van der Waals surface area contributed by atoms with E-state index < -0.39 is 0 Å². The van der Waals surface area contributed by atoms with E-state index in [4.69, 9.17) is 0 Å². The van der Waals surface area contributed by atoms with Crippen LogP contribution in [-0.2, 0) is 11.3 Å². The number of rotatable bonds is 1. The standard InChI is InChI=1S/C17H20N4O/c1-12-4-7-16(19-18-12)14-5-6-15-11-20(3)8-9-21(13(2)22)17(15)10-14/h4-7,10H,8-9,11H2,1-3H3. The Morgan fingerprint density at radius 2 is 1.95 bits per heavy atom. The summed E-state index contributed by atoms with van der Waals surface area (Å²) >= 11 is 0. The number of nitrogens with zero attached hydrogens (tertiary/aromatic N) is 4. The second-order valence-corrected chi connectivity index (χ2v) is 5.81. The van der Waals surface area contributed by atoms with E-state index in [9.17, 15) is 4.79 Å². The fourth-order valence-corrected chi connectivity index (χ4v) is 2.75. The predicted molar refractivity (Wildman–Crippen MR) is 86.6 cm³/mol. The predicted octanol–water partition coefficient (Wildman–Crippen LogP) is 2.25. The number of amides is 1. The van der Waals surface area contributed by atoms with Crippen LogP contribution in [-0.4, -0.2) is 41.1 Å². The number of carbonyl (C=O) groups is 1. The van der Waals surface area contributed by atoms with Gasteiger partial charge in [-0.25, -0.2) is 0 Å². The van der Waals surface area contributed by atoms with Crippen molar-refractivity contribution in [2.45, 2.75) is 20.4 Å². The summed E-state index contributed by atoms with van der Waals surface area (Å²) in [5, 5.41) is 8.36. The molecule has 0 unspecified atom stereocenters. The van der Waals surface area contributed by atoms with Crippen molar-refractivity contribution in [1.82, 2.24) is 15.1 Å². The van der Waals surface area contributed by atoms with Gasteiger partial charge in [0.05, 0.1) is 11.4 Å². The van der Waals surface area contributed by atoms with Gasteiger partial charge in [0.25, 0.3) is 0 Å². The Labute approximate surface area is 130 Å². The van der Waals surface area contributed by atoms with Crippen LogP contribution >= 0.6 is 0 Å². The number of carbonyl (C=O) groups excluding carboxylic acids is 1. The highest BCUT2D eigenvalue weighted by Crippen LogP contribution is 2.30. The number of aromatic nitrogens is 2. The SMILES string of the molecule is CC(=O)N1CCN(C)Cc2ccc(-c3ccc(C)nn3)cc21. The third-order valence-corrected chi connectivity index (χ3v) is 4.00.